The fraction of sp³-hybridized carbons (Fsp3) is 0.640. The molecule has 1 saturated heterocycles. The Morgan fingerprint density at radius 2 is 1.77 bits per heavy atom. The summed E-state index contributed by atoms with van der Waals surface area (Å²) in [6, 6.07) is 8.96. The maximum atomic E-state index is 13.3. The van der Waals surface area contributed by atoms with Gasteiger partial charge >= 0.3 is 6.09 Å². The number of hydrogen-bond donors (Lipinski definition) is 0. The molecule has 1 aliphatic rings. The minimum Gasteiger partial charge on any atom is -0.444 e. The van der Waals surface area contributed by atoms with Gasteiger partial charge in [0.1, 0.15) is 11.7 Å². The van der Waals surface area contributed by atoms with Crippen LogP contribution in [0, 0.1) is 0 Å². The lowest BCUT2D eigenvalue weighted by Crippen LogP contribution is -2.47. The molecular formula is C25H41NO7SSi. The van der Waals surface area contributed by atoms with Crippen molar-refractivity contribution in [2.24, 2.45) is 0 Å². The fourth-order valence-electron chi connectivity index (χ4n) is 3.30. The zero-order valence-corrected chi connectivity index (χ0v) is 24.2. The average Bonchev–Trinajstić information content (AvgIpc) is 3.13. The van der Waals surface area contributed by atoms with Gasteiger partial charge in [-0.1, -0.05) is 63.3 Å². The van der Waals surface area contributed by atoms with Gasteiger partial charge in [0.05, 0.1) is 25.5 Å². The fourth-order valence-corrected chi connectivity index (χ4v) is 4.81. The molecule has 1 heterocycles. The molecule has 0 spiro atoms. The molecule has 0 N–H and O–H groups in total. The molecule has 35 heavy (non-hydrogen) atoms. The Morgan fingerprint density at radius 3 is 2.29 bits per heavy atom. The van der Waals surface area contributed by atoms with E-state index in [0.717, 1.165) is 11.8 Å². The summed E-state index contributed by atoms with van der Waals surface area (Å²) in [5.41, 5.74) is 0.107. The number of carbonyl (C=O) groups is 1. The highest BCUT2D eigenvalue weighted by molar-refractivity contribution is 7.86. The lowest BCUT2D eigenvalue weighted by molar-refractivity contribution is -0.0464. The van der Waals surface area contributed by atoms with Crippen molar-refractivity contribution in [3.63, 3.8) is 0 Å². The van der Waals surface area contributed by atoms with E-state index in [1.165, 1.54) is 4.90 Å². The van der Waals surface area contributed by atoms with Crippen LogP contribution in [0.2, 0.25) is 18.1 Å². The summed E-state index contributed by atoms with van der Waals surface area (Å²) >= 11 is 0. The number of ether oxygens (including phenoxy) is 2. The quantitative estimate of drug-likeness (QED) is 0.259. The number of rotatable bonds is 8. The lowest BCUT2D eigenvalue weighted by atomic mass is 10.1. The van der Waals surface area contributed by atoms with Crippen LogP contribution in [0.15, 0.2) is 42.5 Å². The van der Waals surface area contributed by atoms with Gasteiger partial charge in [-0.25, -0.2) is 4.79 Å². The average molecular weight is 528 g/mol. The zero-order chi connectivity index (χ0) is 26.7. The van der Waals surface area contributed by atoms with Crippen LogP contribution in [0.25, 0.3) is 0 Å². The van der Waals surface area contributed by atoms with E-state index in [1.54, 1.807) is 32.9 Å². The Hall–Kier alpha value is -1.72. The maximum absolute atomic E-state index is 13.3. The topological polar surface area (TPSA) is 91.4 Å². The maximum Gasteiger partial charge on any atom is 0.413 e. The molecule has 1 aliphatic heterocycles. The molecule has 1 fully saturated rings. The molecule has 0 bridgehead atoms. The minimum absolute atomic E-state index is 0.0362. The van der Waals surface area contributed by atoms with Crippen LogP contribution in [-0.2, 0) is 28.2 Å². The van der Waals surface area contributed by atoms with Crippen LogP contribution >= 0.6 is 0 Å². The molecule has 1 aromatic carbocycles. The highest BCUT2D eigenvalue weighted by Gasteiger charge is 2.45. The third kappa shape index (κ3) is 8.71. The number of hydrogen-bond acceptors (Lipinski definition) is 7. The van der Waals surface area contributed by atoms with Gasteiger partial charge in [0.25, 0.3) is 10.1 Å². The number of carbonyl (C=O) groups excluding carboxylic acids is 1. The molecule has 0 unspecified atom stereocenters. The normalized spacial score (nSPS) is 20.9. The van der Waals surface area contributed by atoms with Crippen LogP contribution in [-0.4, -0.2) is 65.1 Å². The smallest absolute Gasteiger partial charge is 0.413 e. The summed E-state index contributed by atoms with van der Waals surface area (Å²) in [6.45, 7) is 16.5. The molecule has 0 radical (unpaired) electrons. The largest absolute Gasteiger partial charge is 0.444 e. The Morgan fingerprint density at radius 1 is 1.17 bits per heavy atom. The van der Waals surface area contributed by atoms with Crippen LogP contribution in [0.1, 0.15) is 53.1 Å². The molecule has 1 amide bonds. The predicted octanol–water partition coefficient (Wildman–Crippen LogP) is 5.24. The number of amides is 1. The van der Waals surface area contributed by atoms with E-state index in [4.69, 9.17) is 18.1 Å². The third-order valence-electron chi connectivity index (χ3n) is 6.06. The van der Waals surface area contributed by atoms with Crippen molar-refractivity contribution in [1.82, 2.24) is 4.90 Å². The predicted molar refractivity (Wildman–Crippen MR) is 139 cm³/mol. The highest BCUT2D eigenvalue weighted by Crippen LogP contribution is 2.37. The van der Waals surface area contributed by atoms with E-state index < -0.39 is 48.5 Å². The summed E-state index contributed by atoms with van der Waals surface area (Å²) in [5, 5.41) is 0.0362. The molecule has 198 valence electrons. The van der Waals surface area contributed by atoms with Crippen LogP contribution in [0.5, 0.6) is 0 Å². The van der Waals surface area contributed by atoms with E-state index >= 15 is 0 Å². The van der Waals surface area contributed by atoms with E-state index in [9.17, 15) is 13.2 Å². The Labute approximate surface area is 211 Å². The van der Waals surface area contributed by atoms with Crippen molar-refractivity contribution in [1.29, 1.82) is 0 Å². The summed E-state index contributed by atoms with van der Waals surface area (Å²) in [6.07, 6.45) is 1.60. The van der Waals surface area contributed by atoms with Crippen molar-refractivity contribution in [2.75, 3.05) is 19.5 Å². The van der Waals surface area contributed by atoms with E-state index in [-0.39, 0.29) is 11.6 Å². The molecule has 10 heteroatoms. The SMILES string of the molecule is CC(C)(C)OC(=O)N1[C@@H]([C@H](/C=C\CO[Si](C)(C)C(C)(C)C)OS(C)(=O)=O)OC[C@H]1c1ccccc1. The molecular weight excluding hydrogens is 486 g/mol. The van der Waals surface area contributed by atoms with Gasteiger partial charge in [-0.05, 0) is 44.5 Å². The van der Waals surface area contributed by atoms with Gasteiger partial charge in [0.2, 0.25) is 0 Å². The first kappa shape index (κ1) is 29.5. The molecule has 2 rings (SSSR count). The van der Waals surface area contributed by atoms with Gasteiger partial charge in [-0.15, -0.1) is 0 Å². The van der Waals surface area contributed by atoms with Gasteiger partial charge < -0.3 is 13.9 Å². The van der Waals surface area contributed by atoms with Gasteiger partial charge in [0, 0.05) is 0 Å². The van der Waals surface area contributed by atoms with Gasteiger partial charge in [0.15, 0.2) is 14.5 Å². The monoisotopic (exact) mass is 527 g/mol. The van der Waals surface area contributed by atoms with Crippen LogP contribution in [0.3, 0.4) is 0 Å². The standard InChI is InChI=1S/C25H41NO7SSi/c1-24(2,3)32-23(27)26-20(19-14-11-10-12-15-19)18-30-22(26)21(33-34(7,28)29)16-13-17-31-35(8,9)25(4,5)6/h10-16,20-22H,17-18H2,1-9H3/b16-13-/t20-,21-,22+/m0/s1. The van der Waals surface area contributed by atoms with Gasteiger partial charge in [-0.3, -0.25) is 9.08 Å². The molecule has 3 atom stereocenters. The molecule has 0 aliphatic carbocycles. The molecule has 0 aromatic heterocycles. The second kappa shape index (κ2) is 11.1. The third-order valence-corrected chi connectivity index (χ3v) is 11.1. The molecule has 8 nitrogen and oxygen atoms in total. The Bertz CT molecular complexity index is 981. The first-order chi connectivity index (χ1) is 15.9. The summed E-state index contributed by atoms with van der Waals surface area (Å²) < 4.78 is 47.4. The molecule has 0 saturated carbocycles. The Balaban J connectivity index is 2.35. The first-order valence-corrected chi connectivity index (χ1v) is 16.5. The number of nitrogens with zero attached hydrogens (tertiary/aromatic N) is 1. The molecule has 1 aromatic rings. The second-order valence-electron chi connectivity index (χ2n) is 11.3. The van der Waals surface area contributed by atoms with Crippen LogP contribution in [0.4, 0.5) is 4.79 Å². The number of benzene rings is 1. The summed E-state index contributed by atoms with van der Waals surface area (Å²) in [7, 11) is -5.85. The lowest BCUT2D eigenvalue weighted by Gasteiger charge is -2.36. The van der Waals surface area contributed by atoms with Gasteiger partial charge in [-0.2, -0.15) is 8.42 Å². The highest BCUT2D eigenvalue weighted by atomic mass is 32.2. The van der Waals surface area contributed by atoms with Crippen molar-refractivity contribution < 1.29 is 31.3 Å². The van der Waals surface area contributed by atoms with E-state index in [2.05, 4.69) is 33.9 Å². The second-order valence-corrected chi connectivity index (χ2v) is 17.7. The van der Waals surface area contributed by atoms with Crippen molar-refractivity contribution in [3.8, 4) is 0 Å². The summed E-state index contributed by atoms with van der Waals surface area (Å²) in [4.78, 5) is 14.7. The van der Waals surface area contributed by atoms with Crippen LogP contribution < -0.4 is 0 Å². The van der Waals surface area contributed by atoms with E-state index in [1.807, 2.05) is 30.3 Å². The zero-order valence-electron chi connectivity index (χ0n) is 22.4. The Kier molecular flexibility index (Phi) is 9.38. The van der Waals surface area contributed by atoms with Crippen molar-refractivity contribution in [2.45, 2.75) is 83.6 Å². The van der Waals surface area contributed by atoms with E-state index in [0.29, 0.717) is 6.61 Å². The summed E-state index contributed by atoms with van der Waals surface area (Å²) in [5.74, 6) is 0. The minimum atomic E-state index is -3.86. The van der Waals surface area contributed by atoms with Crippen molar-refractivity contribution in [3.05, 3.63) is 48.0 Å². The van der Waals surface area contributed by atoms with Crippen molar-refractivity contribution >= 4 is 24.5 Å². The first-order valence-electron chi connectivity index (χ1n) is 11.8.